The van der Waals surface area contributed by atoms with Crippen molar-refractivity contribution in [3.8, 4) is 0 Å². The Morgan fingerprint density at radius 2 is 1.50 bits per heavy atom. The van der Waals surface area contributed by atoms with Crippen molar-refractivity contribution in [2.24, 2.45) is 0 Å². The fourth-order valence-corrected chi connectivity index (χ4v) is 0. The molecule has 1 nitrogen and oxygen atoms in total. The molecule has 0 unspecified atom stereocenters. The van der Waals surface area contributed by atoms with Gasteiger partial charge in [0, 0.05) is 0 Å². The van der Waals surface area contributed by atoms with Crippen LogP contribution >= 0.6 is 0 Å². The van der Waals surface area contributed by atoms with E-state index in [0.29, 0.717) is 0 Å². The second kappa shape index (κ2) is 1.49. The van der Waals surface area contributed by atoms with Crippen LogP contribution in [-0.4, -0.2) is 13.8 Å². The Kier molecular flexibility index (Phi) is 1.56. The van der Waals surface area contributed by atoms with Gasteiger partial charge in [0.15, 0.2) is 0 Å². The Labute approximate surface area is 28.0 Å². The van der Waals surface area contributed by atoms with Crippen LogP contribution < -0.4 is 0 Å². The molecule has 2 heteroatoms. The molecular formula is C2H7OSi+. The molecule has 0 saturated heterocycles. The van der Waals surface area contributed by atoms with Gasteiger partial charge in [-0.2, -0.15) is 0 Å². The maximum absolute atomic E-state index is 8.16. The second-order valence-corrected chi connectivity index (χ2v) is 2.84. The lowest BCUT2D eigenvalue weighted by Gasteiger charge is -1.54. The SMILES string of the molecule is C[Si+](C)O. The van der Waals surface area contributed by atoms with E-state index in [4.69, 9.17) is 4.80 Å². The van der Waals surface area contributed by atoms with Crippen molar-refractivity contribution in [2.45, 2.75) is 13.1 Å². The summed E-state index contributed by atoms with van der Waals surface area (Å²) in [7, 11) is -0.880. The third-order valence-corrected chi connectivity index (χ3v) is 0. The second-order valence-electron chi connectivity index (χ2n) is 0.947. The third-order valence-electron chi connectivity index (χ3n) is 0. The minimum Gasteiger partial charge on any atom is -0.242 e. The summed E-state index contributed by atoms with van der Waals surface area (Å²) in [5.41, 5.74) is 0. The molecule has 0 atom stereocenters. The molecule has 24 valence electrons. The lowest BCUT2D eigenvalue weighted by atomic mass is 11.9. The van der Waals surface area contributed by atoms with Crippen molar-refractivity contribution >= 4 is 9.04 Å². The quantitative estimate of drug-likeness (QED) is 0.409. The van der Waals surface area contributed by atoms with E-state index >= 15 is 0 Å². The van der Waals surface area contributed by atoms with Gasteiger partial charge in [0.2, 0.25) is 0 Å². The molecule has 0 aliphatic rings. The van der Waals surface area contributed by atoms with Crippen molar-refractivity contribution in [1.29, 1.82) is 0 Å². The molecular weight excluding hydrogens is 68.1 g/mol. The van der Waals surface area contributed by atoms with Crippen molar-refractivity contribution < 1.29 is 4.80 Å². The van der Waals surface area contributed by atoms with Gasteiger partial charge >= 0.3 is 9.04 Å². The van der Waals surface area contributed by atoms with Gasteiger partial charge in [-0.3, -0.25) is 0 Å². The Morgan fingerprint density at radius 3 is 1.50 bits per heavy atom. The normalized spacial score (nSPS) is 6.75. The van der Waals surface area contributed by atoms with Gasteiger partial charge in [-0.15, -0.1) is 0 Å². The van der Waals surface area contributed by atoms with Gasteiger partial charge in [0.25, 0.3) is 0 Å². The highest BCUT2D eigenvalue weighted by Gasteiger charge is 1.97. The Bertz CT molecular complexity index is 10.8. The van der Waals surface area contributed by atoms with E-state index in [9.17, 15) is 0 Å². The molecule has 4 heavy (non-hydrogen) atoms. The fourth-order valence-electron chi connectivity index (χ4n) is 0. The Balaban J connectivity index is 2.32. The zero-order valence-corrected chi connectivity index (χ0v) is 3.95. The topological polar surface area (TPSA) is 20.2 Å². The molecule has 0 aromatic rings. The maximum Gasteiger partial charge on any atom is 0.462 e. The van der Waals surface area contributed by atoms with Crippen LogP contribution in [0.25, 0.3) is 0 Å². The highest BCUT2D eigenvalue weighted by Crippen LogP contribution is 1.60. The van der Waals surface area contributed by atoms with E-state index in [-0.39, 0.29) is 0 Å². The van der Waals surface area contributed by atoms with E-state index in [1.807, 2.05) is 13.1 Å². The van der Waals surface area contributed by atoms with Crippen LogP contribution in [0, 0.1) is 0 Å². The first-order valence-corrected chi connectivity index (χ1v) is 3.67. The van der Waals surface area contributed by atoms with Crippen molar-refractivity contribution in [1.82, 2.24) is 0 Å². The molecule has 0 saturated carbocycles. The summed E-state index contributed by atoms with van der Waals surface area (Å²) in [6.07, 6.45) is 0. The first-order chi connectivity index (χ1) is 1.73. The molecule has 0 amide bonds. The zero-order chi connectivity index (χ0) is 3.58. The highest BCUT2D eigenvalue weighted by atomic mass is 28.3. The van der Waals surface area contributed by atoms with Gasteiger partial charge in [-0.05, 0) is 0 Å². The Morgan fingerprint density at radius 1 is 1.50 bits per heavy atom. The van der Waals surface area contributed by atoms with Crippen LogP contribution in [0.4, 0.5) is 0 Å². The molecule has 0 aliphatic heterocycles. The summed E-state index contributed by atoms with van der Waals surface area (Å²) < 4.78 is 0. The average molecular weight is 75.2 g/mol. The van der Waals surface area contributed by atoms with Gasteiger partial charge < -0.3 is 0 Å². The van der Waals surface area contributed by atoms with E-state index in [1.54, 1.807) is 0 Å². The molecule has 0 radical (unpaired) electrons. The van der Waals surface area contributed by atoms with Gasteiger partial charge in [0.05, 0.1) is 13.1 Å². The zero-order valence-electron chi connectivity index (χ0n) is 2.95. The first-order valence-electron chi connectivity index (χ1n) is 1.22. The van der Waals surface area contributed by atoms with Crippen LogP contribution in [0.3, 0.4) is 0 Å². The summed E-state index contributed by atoms with van der Waals surface area (Å²) in [5.74, 6) is 0. The molecule has 0 aromatic carbocycles. The standard InChI is InChI=1S/C2H7OSi/c1-4(2)3/h3H,1-2H3/q+1. The van der Waals surface area contributed by atoms with Gasteiger partial charge in [0.1, 0.15) is 0 Å². The summed E-state index contributed by atoms with van der Waals surface area (Å²) in [6.45, 7) is 3.65. The maximum atomic E-state index is 8.16. The van der Waals surface area contributed by atoms with E-state index < -0.39 is 9.04 Å². The van der Waals surface area contributed by atoms with E-state index in [0.717, 1.165) is 0 Å². The molecule has 0 bridgehead atoms. The van der Waals surface area contributed by atoms with Crippen LogP contribution in [0.1, 0.15) is 0 Å². The minimum atomic E-state index is -0.880. The van der Waals surface area contributed by atoms with Crippen molar-refractivity contribution in [3.63, 3.8) is 0 Å². The van der Waals surface area contributed by atoms with Gasteiger partial charge in [-0.25, -0.2) is 4.80 Å². The van der Waals surface area contributed by atoms with E-state index in [1.165, 1.54) is 0 Å². The van der Waals surface area contributed by atoms with Crippen molar-refractivity contribution in [2.75, 3.05) is 0 Å². The lowest BCUT2D eigenvalue weighted by molar-refractivity contribution is 0.587. The van der Waals surface area contributed by atoms with Crippen LogP contribution in [0.5, 0.6) is 0 Å². The number of hydrogen-bond acceptors (Lipinski definition) is 1. The van der Waals surface area contributed by atoms with Crippen LogP contribution in [0.2, 0.25) is 13.1 Å². The minimum absolute atomic E-state index is 0.880. The first kappa shape index (κ1) is 4.18. The lowest BCUT2D eigenvalue weighted by Crippen LogP contribution is -1.93. The highest BCUT2D eigenvalue weighted by molar-refractivity contribution is 6.46. The smallest absolute Gasteiger partial charge is 0.242 e. The predicted molar refractivity (Wildman–Crippen MR) is 19.7 cm³/mol. The monoisotopic (exact) mass is 75.0 g/mol. The van der Waals surface area contributed by atoms with Crippen molar-refractivity contribution in [3.05, 3.63) is 0 Å². The fraction of sp³-hybridized carbons (Fsp3) is 1.00. The average Bonchev–Trinajstić information content (AvgIpc) is 0.811. The Hall–Kier alpha value is 0.177. The molecule has 1 N–H and O–H groups in total. The summed E-state index contributed by atoms with van der Waals surface area (Å²) in [4.78, 5) is 8.16. The number of hydrogen-bond donors (Lipinski definition) is 1. The molecule has 0 spiro atoms. The summed E-state index contributed by atoms with van der Waals surface area (Å²) in [6, 6.07) is 0. The summed E-state index contributed by atoms with van der Waals surface area (Å²) in [5, 5.41) is 0. The number of rotatable bonds is 0. The summed E-state index contributed by atoms with van der Waals surface area (Å²) >= 11 is 0. The van der Waals surface area contributed by atoms with Crippen LogP contribution in [-0.2, 0) is 0 Å². The predicted octanol–water partition coefficient (Wildman–Crippen LogP) is 0.230. The molecule has 0 rings (SSSR count). The van der Waals surface area contributed by atoms with Gasteiger partial charge in [-0.1, -0.05) is 0 Å². The van der Waals surface area contributed by atoms with E-state index in [2.05, 4.69) is 0 Å². The molecule has 0 heterocycles. The molecule has 0 aromatic heterocycles. The largest absolute Gasteiger partial charge is 0.462 e. The third kappa shape index (κ3) is 96.4. The molecule has 0 fully saturated rings. The molecule has 0 aliphatic carbocycles. The van der Waals surface area contributed by atoms with Crippen LogP contribution in [0.15, 0.2) is 0 Å².